The summed E-state index contributed by atoms with van der Waals surface area (Å²) in [6.45, 7) is 7.72. The Morgan fingerprint density at radius 1 is 1.29 bits per heavy atom. The van der Waals surface area contributed by atoms with E-state index in [2.05, 4.69) is 28.3 Å². The molecule has 0 bridgehead atoms. The van der Waals surface area contributed by atoms with Crippen LogP contribution in [-0.2, 0) is 9.47 Å². The molecule has 2 atom stereocenters. The summed E-state index contributed by atoms with van der Waals surface area (Å²) < 4.78 is 46.7. The van der Waals surface area contributed by atoms with Crippen molar-refractivity contribution in [2.75, 3.05) is 33.8 Å². The van der Waals surface area contributed by atoms with Crippen molar-refractivity contribution in [3.05, 3.63) is 24.2 Å². The average molecular weight is 347 g/mol. The maximum absolute atomic E-state index is 12.5. The third kappa shape index (κ3) is 4.43. The molecule has 2 rings (SSSR count). The summed E-state index contributed by atoms with van der Waals surface area (Å²) in [7, 11) is 3.56. The first kappa shape index (κ1) is 18.6. The molecular formula is C16H24F3N3O2. The summed E-state index contributed by atoms with van der Waals surface area (Å²) in [5, 5.41) is 0. The van der Waals surface area contributed by atoms with Crippen LogP contribution in [0.5, 0.6) is 0 Å². The second-order valence-electron chi connectivity index (χ2n) is 6.15. The number of likely N-dealkylation sites (tertiary alicyclic amines) is 2. The van der Waals surface area contributed by atoms with Crippen LogP contribution < -0.4 is 0 Å². The number of aliphatic imine (C=N–C) groups is 1. The van der Waals surface area contributed by atoms with E-state index in [9.17, 15) is 13.2 Å². The molecule has 2 heterocycles. The standard InChI is InChI=1S/C16H24F3N3O2/c1-5-14(24-16(17,18)19)20-15(11(2)23-4)22-9-6-12-10-21(3)8-7-13(12)22/h5,12-13H,1,6-10H2,2-4H3/b15-11-,20-14+. The summed E-state index contributed by atoms with van der Waals surface area (Å²) in [6.07, 6.45) is -1.92. The predicted molar refractivity (Wildman–Crippen MR) is 85.2 cm³/mol. The Morgan fingerprint density at radius 3 is 2.58 bits per heavy atom. The molecule has 0 spiro atoms. The molecular weight excluding hydrogens is 323 g/mol. The number of rotatable bonds is 4. The van der Waals surface area contributed by atoms with Crippen LogP contribution in [-0.4, -0.2) is 61.9 Å². The predicted octanol–water partition coefficient (Wildman–Crippen LogP) is 2.97. The first-order chi connectivity index (χ1) is 11.2. The van der Waals surface area contributed by atoms with Crippen molar-refractivity contribution < 1.29 is 22.6 Å². The lowest BCUT2D eigenvalue weighted by molar-refractivity contribution is -0.282. The second kappa shape index (κ2) is 7.46. The van der Waals surface area contributed by atoms with Crippen molar-refractivity contribution in [1.29, 1.82) is 0 Å². The Kier molecular flexibility index (Phi) is 5.79. The van der Waals surface area contributed by atoms with Gasteiger partial charge in [0.2, 0.25) is 5.90 Å². The number of hydrogen-bond donors (Lipinski definition) is 0. The first-order valence-corrected chi connectivity index (χ1v) is 7.92. The minimum Gasteiger partial charge on any atom is -0.498 e. The third-order valence-corrected chi connectivity index (χ3v) is 4.54. The molecule has 0 aliphatic carbocycles. The first-order valence-electron chi connectivity index (χ1n) is 7.92. The van der Waals surface area contributed by atoms with Gasteiger partial charge in [0.15, 0.2) is 5.82 Å². The van der Waals surface area contributed by atoms with Crippen LogP contribution in [0.2, 0.25) is 0 Å². The van der Waals surface area contributed by atoms with Gasteiger partial charge < -0.3 is 19.3 Å². The SMILES string of the molecule is C=C/C(=N\C(=C(/C)OC)N1CCC2CN(C)CCC21)OC(F)(F)F. The molecule has 0 aromatic heterocycles. The van der Waals surface area contributed by atoms with Crippen LogP contribution >= 0.6 is 0 Å². The normalized spacial score (nSPS) is 26.8. The van der Waals surface area contributed by atoms with Gasteiger partial charge in [-0.25, -0.2) is 0 Å². The van der Waals surface area contributed by atoms with E-state index in [1.54, 1.807) is 6.92 Å². The highest BCUT2D eigenvalue weighted by molar-refractivity contribution is 5.88. The molecule has 24 heavy (non-hydrogen) atoms. The van der Waals surface area contributed by atoms with E-state index in [0.717, 1.165) is 38.6 Å². The van der Waals surface area contributed by atoms with Crippen molar-refractivity contribution >= 4 is 5.90 Å². The van der Waals surface area contributed by atoms with Crippen LogP contribution in [0.25, 0.3) is 0 Å². The van der Waals surface area contributed by atoms with Crippen molar-refractivity contribution in [2.45, 2.75) is 32.2 Å². The average Bonchev–Trinajstić information content (AvgIpc) is 2.92. The molecule has 0 radical (unpaired) electrons. The van der Waals surface area contributed by atoms with Crippen LogP contribution in [0.3, 0.4) is 0 Å². The van der Waals surface area contributed by atoms with Gasteiger partial charge in [0.05, 0.1) is 7.11 Å². The largest absolute Gasteiger partial charge is 0.574 e. The molecule has 2 saturated heterocycles. The Hall–Kier alpha value is -1.70. The van der Waals surface area contributed by atoms with Gasteiger partial charge in [-0.2, -0.15) is 4.99 Å². The lowest BCUT2D eigenvalue weighted by Gasteiger charge is -2.37. The molecule has 2 unspecified atom stereocenters. The maximum atomic E-state index is 12.5. The zero-order valence-electron chi connectivity index (χ0n) is 14.3. The Bertz CT molecular complexity index is 531. The lowest BCUT2D eigenvalue weighted by atomic mass is 9.93. The van der Waals surface area contributed by atoms with E-state index < -0.39 is 12.3 Å². The zero-order valence-corrected chi connectivity index (χ0v) is 14.3. The number of allylic oxidation sites excluding steroid dienone is 1. The molecule has 5 nitrogen and oxygen atoms in total. The topological polar surface area (TPSA) is 37.3 Å². The highest BCUT2D eigenvalue weighted by Gasteiger charge is 2.39. The van der Waals surface area contributed by atoms with E-state index >= 15 is 0 Å². The molecule has 8 heteroatoms. The summed E-state index contributed by atoms with van der Waals surface area (Å²) >= 11 is 0. The summed E-state index contributed by atoms with van der Waals surface area (Å²) in [4.78, 5) is 8.39. The summed E-state index contributed by atoms with van der Waals surface area (Å²) in [5.41, 5.74) is 0. The summed E-state index contributed by atoms with van der Waals surface area (Å²) in [6, 6.07) is 0.252. The Balaban J connectivity index is 2.28. The van der Waals surface area contributed by atoms with Crippen molar-refractivity contribution in [1.82, 2.24) is 9.80 Å². The van der Waals surface area contributed by atoms with Crippen LogP contribution in [0.15, 0.2) is 29.2 Å². The highest BCUT2D eigenvalue weighted by Crippen LogP contribution is 2.35. The number of methoxy groups -OCH3 is 1. The van der Waals surface area contributed by atoms with Gasteiger partial charge in [-0.05, 0) is 45.4 Å². The number of alkyl halides is 3. The number of piperidine rings is 1. The number of fused-ring (bicyclic) bond motifs is 1. The van der Waals surface area contributed by atoms with Crippen molar-refractivity contribution in [3.63, 3.8) is 0 Å². The van der Waals surface area contributed by atoms with Gasteiger partial charge in [-0.15, -0.1) is 13.2 Å². The number of nitrogens with zero attached hydrogens (tertiary/aromatic N) is 3. The van der Waals surface area contributed by atoms with E-state index in [0.29, 0.717) is 17.5 Å². The molecule has 0 aromatic rings. The van der Waals surface area contributed by atoms with Gasteiger partial charge in [-0.3, -0.25) is 0 Å². The Labute approximate surface area is 140 Å². The number of halogens is 3. The fourth-order valence-corrected chi connectivity index (χ4v) is 3.40. The van der Waals surface area contributed by atoms with Gasteiger partial charge >= 0.3 is 6.36 Å². The van der Waals surface area contributed by atoms with Gasteiger partial charge in [0.1, 0.15) is 5.76 Å². The molecule has 0 amide bonds. The fourth-order valence-electron chi connectivity index (χ4n) is 3.40. The highest BCUT2D eigenvalue weighted by atomic mass is 19.4. The minimum absolute atomic E-state index is 0.252. The molecule has 0 saturated carbocycles. The van der Waals surface area contributed by atoms with Crippen LogP contribution in [0.1, 0.15) is 19.8 Å². The molecule has 2 fully saturated rings. The fraction of sp³-hybridized carbons (Fsp3) is 0.688. The second-order valence-corrected chi connectivity index (χ2v) is 6.15. The van der Waals surface area contributed by atoms with Crippen LogP contribution in [0, 0.1) is 5.92 Å². The molecule has 0 N–H and O–H groups in total. The Morgan fingerprint density at radius 2 is 2.00 bits per heavy atom. The van der Waals surface area contributed by atoms with Gasteiger partial charge in [-0.1, -0.05) is 6.58 Å². The minimum atomic E-state index is -4.81. The van der Waals surface area contributed by atoms with Gasteiger partial charge in [0, 0.05) is 19.1 Å². The molecule has 136 valence electrons. The van der Waals surface area contributed by atoms with Gasteiger partial charge in [0.25, 0.3) is 0 Å². The smallest absolute Gasteiger partial charge is 0.498 e. The zero-order chi connectivity index (χ0) is 17.9. The lowest BCUT2D eigenvalue weighted by Crippen LogP contribution is -2.44. The van der Waals surface area contributed by atoms with Crippen molar-refractivity contribution in [3.8, 4) is 0 Å². The number of hydrogen-bond acceptors (Lipinski definition) is 5. The molecule has 2 aliphatic heterocycles. The monoisotopic (exact) mass is 347 g/mol. The third-order valence-electron chi connectivity index (χ3n) is 4.54. The van der Waals surface area contributed by atoms with E-state index in [1.165, 1.54) is 7.11 Å². The van der Waals surface area contributed by atoms with Crippen LogP contribution in [0.4, 0.5) is 13.2 Å². The molecule has 0 aromatic carbocycles. The quantitative estimate of drug-likeness (QED) is 0.445. The van der Waals surface area contributed by atoms with Crippen molar-refractivity contribution in [2.24, 2.45) is 10.9 Å². The van der Waals surface area contributed by atoms with E-state index in [-0.39, 0.29) is 6.04 Å². The van der Waals surface area contributed by atoms with E-state index in [1.807, 2.05) is 4.90 Å². The van der Waals surface area contributed by atoms with E-state index in [4.69, 9.17) is 4.74 Å². The summed E-state index contributed by atoms with van der Waals surface area (Å²) in [5.74, 6) is 0.744. The molecule has 2 aliphatic rings. The number of ether oxygens (including phenoxy) is 2. The maximum Gasteiger partial charge on any atom is 0.574 e.